The van der Waals surface area contributed by atoms with Crippen LogP contribution in [0.5, 0.6) is 0 Å². The fourth-order valence-corrected chi connectivity index (χ4v) is 2.12. The fourth-order valence-electron chi connectivity index (χ4n) is 2.12. The number of esters is 1. The smallest absolute Gasteiger partial charge is 0.338 e. The zero-order valence-corrected chi connectivity index (χ0v) is 12.6. The van der Waals surface area contributed by atoms with Crippen LogP contribution in [-0.4, -0.2) is 12.6 Å². The minimum atomic E-state index is -0.359. The zero-order valence-electron chi connectivity index (χ0n) is 12.6. The first-order valence-corrected chi connectivity index (χ1v) is 6.92. The number of hydrogen-bond donors (Lipinski definition) is 2. The lowest BCUT2D eigenvalue weighted by molar-refractivity contribution is 0.0526. The van der Waals surface area contributed by atoms with Crippen LogP contribution in [0.1, 0.15) is 28.4 Å². The summed E-state index contributed by atoms with van der Waals surface area (Å²) in [6.45, 7) is 6.22. The van der Waals surface area contributed by atoms with Crippen molar-refractivity contribution in [3.63, 3.8) is 0 Å². The van der Waals surface area contributed by atoms with Crippen molar-refractivity contribution >= 4 is 23.0 Å². The van der Waals surface area contributed by atoms with E-state index < -0.39 is 0 Å². The summed E-state index contributed by atoms with van der Waals surface area (Å²) >= 11 is 0. The second kappa shape index (κ2) is 6.31. The largest absolute Gasteiger partial charge is 0.462 e. The molecule has 2 aromatic rings. The number of nitrogens with two attached hydrogens (primary N) is 1. The molecule has 0 atom stereocenters. The molecule has 0 aliphatic heterocycles. The molecule has 2 rings (SSSR count). The number of rotatable bonds is 4. The third-order valence-electron chi connectivity index (χ3n) is 3.21. The number of nitrogen functional groups attached to an aromatic ring is 1. The van der Waals surface area contributed by atoms with Gasteiger partial charge in [-0.1, -0.05) is 17.7 Å². The standard InChI is InChI=1S/C17H20N2O2/c1-4-21-17(20)13-6-8-16(14(18)10-13)19-15-7-5-11(2)9-12(15)3/h5-10,19H,4,18H2,1-3H3. The first-order valence-electron chi connectivity index (χ1n) is 6.92. The van der Waals surface area contributed by atoms with E-state index in [1.165, 1.54) is 5.56 Å². The van der Waals surface area contributed by atoms with E-state index in [4.69, 9.17) is 10.5 Å². The molecule has 0 radical (unpaired) electrons. The molecule has 0 unspecified atom stereocenters. The maximum absolute atomic E-state index is 11.7. The van der Waals surface area contributed by atoms with Crippen molar-refractivity contribution < 1.29 is 9.53 Å². The molecule has 0 aromatic heterocycles. The Morgan fingerprint density at radius 1 is 1.14 bits per heavy atom. The minimum Gasteiger partial charge on any atom is -0.462 e. The maximum atomic E-state index is 11.7. The summed E-state index contributed by atoms with van der Waals surface area (Å²) in [5, 5.41) is 3.29. The number of aryl methyl sites for hydroxylation is 2. The van der Waals surface area contributed by atoms with Gasteiger partial charge in [-0.15, -0.1) is 0 Å². The Labute approximate surface area is 124 Å². The molecule has 110 valence electrons. The molecule has 0 aliphatic carbocycles. The SMILES string of the molecule is CCOC(=O)c1ccc(Nc2ccc(C)cc2C)c(N)c1. The predicted octanol–water partition coefficient (Wildman–Crippen LogP) is 3.81. The molecule has 0 aliphatic rings. The summed E-state index contributed by atoms with van der Waals surface area (Å²) in [6.07, 6.45) is 0. The summed E-state index contributed by atoms with van der Waals surface area (Å²) in [4.78, 5) is 11.7. The van der Waals surface area contributed by atoms with Gasteiger partial charge in [0.15, 0.2) is 0 Å². The predicted molar refractivity (Wildman–Crippen MR) is 86.0 cm³/mol. The van der Waals surface area contributed by atoms with Gasteiger partial charge >= 0.3 is 5.97 Å². The zero-order chi connectivity index (χ0) is 15.4. The first-order chi connectivity index (χ1) is 10.0. The molecule has 0 heterocycles. The Kier molecular flexibility index (Phi) is 4.48. The van der Waals surface area contributed by atoms with E-state index in [9.17, 15) is 4.79 Å². The van der Waals surface area contributed by atoms with Crippen LogP contribution in [0.25, 0.3) is 0 Å². The average Bonchev–Trinajstić information content (AvgIpc) is 2.44. The highest BCUT2D eigenvalue weighted by Crippen LogP contribution is 2.26. The van der Waals surface area contributed by atoms with Crippen LogP contribution in [0.15, 0.2) is 36.4 Å². The molecule has 0 bridgehead atoms. The van der Waals surface area contributed by atoms with E-state index in [-0.39, 0.29) is 5.97 Å². The lowest BCUT2D eigenvalue weighted by atomic mass is 10.1. The van der Waals surface area contributed by atoms with Gasteiger partial charge in [0.1, 0.15) is 0 Å². The van der Waals surface area contributed by atoms with Crippen molar-refractivity contribution in [3.8, 4) is 0 Å². The Morgan fingerprint density at radius 3 is 2.48 bits per heavy atom. The molecule has 0 saturated carbocycles. The molecule has 0 saturated heterocycles. The first kappa shape index (κ1) is 14.9. The van der Waals surface area contributed by atoms with Crippen LogP contribution < -0.4 is 11.1 Å². The van der Waals surface area contributed by atoms with E-state index in [1.54, 1.807) is 25.1 Å². The quantitative estimate of drug-likeness (QED) is 0.662. The topological polar surface area (TPSA) is 64.3 Å². The van der Waals surface area contributed by atoms with Gasteiger partial charge in [-0.25, -0.2) is 4.79 Å². The second-order valence-electron chi connectivity index (χ2n) is 4.97. The van der Waals surface area contributed by atoms with E-state index in [0.717, 1.165) is 16.9 Å². The number of ether oxygens (including phenoxy) is 1. The summed E-state index contributed by atoms with van der Waals surface area (Å²) in [5.41, 5.74) is 11.1. The Morgan fingerprint density at radius 2 is 1.86 bits per heavy atom. The summed E-state index contributed by atoms with van der Waals surface area (Å²) in [7, 11) is 0. The van der Waals surface area contributed by atoms with Crippen LogP contribution in [0.4, 0.5) is 17.1 Å². The van der Waals surface area contributed by atoms with E-state index in [2.05, 4.69) is 18.3 Å². The minimum absolute atomic E-state index is 0.349. The van der Waals surface area contributed by atoms with Gasteiger partial charge in [-0.2, -0.15) is 0 Å². The van der Waals surface area contributed by atoms with E-state index >= 15 is 0 Å². The maximum Gasteiger partial charge on any atom is 0.338 e. The van der Waals surface area contributed by atoms with Crippen molar-refractivity contribution in [1.29, 1.82) is 0 Å². The molecule has 2 aromatic carbocycles. The highest BCUT2D eigenvalue weighted by Gasteiger charge is 2.09. The van der Waals surface area contributed by atoms with E-state index in [1.807, 2.05) is 19.1 Å². The molecule has 0 fully saturated rings. The lowest BCUT2D eigenvalue weighted by Crippen LogP contribution is -2.06. The Balaban J connectivity index is 2.23. The molecular weight excluding hydrogens is 264 g/mol. The normalized spacial score (nSPS) is 10.2. The van der Waals surface area contributed by atoms with Gasteiger partial charge in [0, 0.05) is 5.69 Å². The number of nitrogens with one attached hydrogen (secondary N) is 1. The van der Waals surface area contributed by atoms with Gasteiger partial charge in [-0.05, 0) is 50.6 Å². The molecule has 4 heteroatoms. The highest BCUT2D eigenvalue weighted by atomic mass is 16.5. The van der Waals surface area contributed by atoms with Gasteiger partial charge in [0.05, 0.1) is 23.5 Å². The van der Waals surface area contributed by atoms with Gasteiger partial charge in [0.2, 0.25) is 0 Å². The van der Waals surface area contributed by atoms with Crippen molar-refractivity contribution in [2.24, 2.45) is 0 Å². The van der Waals surface area contributed by atoms with Crippen LogP contribution in [0, 0.1) is 13.8 Å². The van der Waals surface area contributed by atoms with Gasteiger partial charge < -0.3 is 15.8 Å². The molecule has 3 N–H and O–H groups in total. The van der Waals surface area contributed by atoms with Crippen molar-refractivity contribution in [3.05, 3.63) is 53.1 Å². The summed E-state index contributed by atoms with van der Waals surface area (Å²) in [5.74, 6) is -0.359. The molecular formula is C17H20N2O2. The average molecular weight is 284 g/mol. The number of hydrogen-bond acceptors (Lipinski definition) is 4. The molecule has 4 nitrogen and oxygen atoms in total. The van der Waals surface area contributed by atoms with Crippen molar-refractivity contribution in [2.75, 3.05) is 17.7 Å². The lowest BCUT2D eigenvalue weighted by Gasteiger charge is -2.13. The molecule has 0 amide bonds. The van der Waals surface area contributed by atoms with Crippen molar-refractivity contribution in [1.82, 2.24) is 0 Å². The third-order valence-corrected chi connectivity index (χ3v) is 3.21. The summed E-state index contributed by atoms with van der Waals surface area (Å²) < 4.78 is 4.96. The fraction of sp³-hybridized carbons (Fsp3) is 0.235. The number of anilines is 3. The van der Waals surface area contributed by atoms with Gasteiger partial charge in [0.25, 0.3) is 0 Å². The molecule has 21 heavy (non-hydrogen) atoms. The Bertz CT molecular complexity index is 666. The monoisotopic (exact) mass is 284 g/mol. The third kappa shape index (κ3) is 3.54. The van der Waals surface area contributed by atoms with E-state index in [0.29, 0.717) is 17.9 Å². The highest BCUT2D eigenvalue weighted by molar-refractivity contribution is 5.92. The van der Waals surface area contributed by atoms with Crippen LogP contribution >= 0.6 is 0 Å². The number of carbonyl (C=O) groups excluding carboxylic acids is 1. The van der Waals surface area contributed by atoms with Crippen molar-refractivity contribution in [2.45, 2.75) is 20.8 Å². The number of carbonyl (C=O) groups is 1. The molecule has 0 spiro atoms. The van der Waals surface area contributed by atoms with Crippen LogP contribution in [-0.2, 0) is 4.74 Å². The second-order valence-corrected chi connectivity index (χ2v) is 4.97. The van der Waals surface area contributed by atoms with Crippen LogP contribution in [0.2, 0.25) is 0 Å². The van der Waals surface area contributed by atoms with Gasteiger partial charge in [-0.3, -0.25) is 0 Å². The summed E-state index contributed by atoms with van der Waals surface area (Å²) in [6, 6.07) is 11.3. The van der Waals surface area contributed by atoms with Crippen LogP contribution in [0.3, 0.4) is 0 Å². The Hall–Kier alpha value is -2.49. The number of benzene rings is 2.